The lowest BCUT2D eigenvalue weighted by Gasteiger charge is -2.56. The molecule has 1 spiro atoms. The molecule has 0 N–H and O–H groups in total. The first-order valence-corrected chi connectivity index (χ1v) is 10.6. The fourth-order valence-corrected chi connectivity index (χ4v) is 7.28. The Hall–Kier alpha value is -0.740. The van der Waals surface area contributed by atoms with Crippen LogP contribution >= 0.6 is 0 Å². The highest BCUT2D eigenvalue weighted by Crippen LogP contribution is 2.66. The van der Waals surface area contributed by atoms with Crippen LogP contribution in [-0.4, -0.2) is 31.6 Å². The molecule has 146 valence electrons. The lowest BCUT2D eigenvalue weighted by molar-refractivity contribution is -0.241. The Morgan fingerprint density at radius 3 is 2.23 bits per heavy atom. The number of aldehydes is 2. The number of fused-ring (bicyclic) bond motifs is 2. The number of carbonyl (C=O) groups is 2. The molecule has 0 aromatic heterocycles. The van der Waals surface area contributed by atoms with Gasteiger partial charge in [0.25, 0.3) is 0 Å². The molecule has 4 nitrogen and oxygen atoms in total. The van der Waals surface area contributed by atoms with Crippen LogP contribution in [0.25, 0.3) is 0 Å². The van der Waals surface area contributed by atoms with Crippen LogP contribution in [0.3, 0.4) is 0 Å². The van der Waals surface area contributed by atoms with E-state index in [9.17, 15) is 9.59 Å². The molecule has 4 fully saturated rings. The molecule has 26 heavy (non-hydrogen) atoms. The van der Waals surface area contributed by atoms with Gasteiger partial charge in [-0.2, -0.15) is 0 Å². The molecule has 7 atom stereocenters. The van der Waals surface area contributed by atoms with E-state index in [1.807, 2.05) is 0 Å². The third-order valence-electron chi connectivity index (χ3n) is 8.98. The lowest BCUT2D eigenvalue weighted by Crippen LogP contribution is -2.55. The molecule has 0 radical (unpaired) electrons. The Bertz CT molecular complexity index is 568. The summed E-state index contributed by atoms with van der Waals surface area (Å²) in [5.41, 5.74) is -0.130. The Morgan fingerprint density at radius 2 is 1.58 bits per heavy atom. The molecule has 3 unspecified atom stereocenters. The van der Waals surface area contributed by atoms with Gasteiger partial charge < -0.3 is 19.1 Å². The van der Waals surface area contributed by atoms with E-state index in [0.29, 0.717) is 31.0 Å². The van der Waals surface area contributed by atoms with Crippen molar-refractivity contribution < 1.29 is 19.1 Å². The van der Waals surface area contributed by atoms with Crippen LogP contribution in [0.4, 0.5) is 0 Å². The molecule has 1 saturated heterocycles. The predicted octanol–water partition coefficient (Wildman–Crippen LogP) is 4.01. The molecular weight excluding hydrogens is 328 g/mol. The van der Waals surface area contributed by atoms with Crippen molar-refractivity contribution >= 4 is 12.6 Å². The predicted molar refractivity (Wildman–Crippen MR) is 98.4 cm³/mol. The molecule has 4 rings (SSSR count). The standard InChI is InChI=1S/C22H34O4/c1-15-4-7-20(2,16(12-15)13-23)18-5-8-21(3)19(17(18)14-24)6-9-22(21)25-10-11-26-22/h13-19H,4-12H2,1-3H3/t15-,16+,17?,18?,19?,20-,21-/m0/s1. The van der Waals surface area contributed by atoms with E-state index >= 15 is 0 Å². The maximum absolute atomic E-state index is 12.3. The topological polar surface area (TPSA) is 52.6 Å². The van der Waals surface area contributed by atoms with Gasteiger partial charge in [-0.15, -0.1) is 0 Å². The van der Waals surface area contributed by atoms with Gasteiger partial charge in [-0.25, -0.2) is 0 Å². The third kappa shape index (κ3) is 2.40. The van der Waals surface area contributed by atoms with Gasteiger partial charge in [0.2, 0.25) is 0 Å². The minimum Gasteiger partial charge on any atom is -0.347 e. The number of hydrogen-bond donors (Lipinski definition) is 0. The van der Waals surface area contributed by atoms with Gasteiger partial charge >= 0.3 is 0 Å². The van der Waals surface area contributed by atoms with Gasteiger partial charge in [0.15, 0.2) is 5.79 Å². The van der Waals surface area contributed by atoms with Crippen molar-refractivity contribution in [1.82, 2.24) is 0 Å². The second-order valence-electron chi connectivity index (χ2n) is 10.00. The van der Waals surface area contributed by atoms with Crippen molar-refractivity contribution in [3.63, 3.8) is 0 Å². The van der Waals surface area contributed by atoms with Crippen molar-refractivity contribution in [3.8, 4) is 0 Å². The Balaban J connectivity index is 1.64. The highest BCUT2D eigenvalue weighted by Gasteiger charge is 2.66. The third-order valence-corrected chi connectivity index (χ3v) is 8.98. The summed E-state index contributed by atoms with van der Waals surface area (Å²) in [6.07, 6.45) is 9.53. The van der Waals surface area contributed by atoms with E-state index in [-0.39, 0.29) is 22.7 Å². The maximum Gasteiger partial charge on any atom is 0.174 e. The van der Waals surface area contributed by atoms with Crippen molar-refractivity contribution in [2.75, 3.05) is 13.2 Å². The molecule has 0 bridgehead atoms. The van der Waals surface area contributed by atoms with E-state index in [4.69, 9.17) is 9.47 Å². The van der Waals surface area contributed by atoms with Crippen LogP contribution in [0.15, 0.2) is 0 Å². The van der Waals surface area contributed by atoms with Crippen molar-refractivity contribution in [1.29, 1.82) is 0 Å². The Morgan fingerprint density at radius 1 is 0.885 bits per heavy atom. The summed E-state index contributed by atoms with van der Waals surface area (Å²) < 4.78 is 12.3. The molecule has 1 heterocycles. The molecular formula is C22H34O4. The summed E-state index contributed by atoms with van der Waals surface area (Å²) in [6.45, 7) is 8.15. The highest BCUT2D eigenvalue weighted by molar-refractivity contribution is 5.59. The van der Waals surface area contributed by atoms with Crippen LogP contribution in [0, 0.1) is 40.4 Å². The molecule has 4 heteroatoms. The lowest BCUT2D eigenvalue weighted by atomic mass is 9.49. The summed E-state index contributed by atoms with van der Waals surface area (Å²) in [6, 6.07) is 0. The van der Waals surface area contributed by atoms with Gasteiger partial charge in [0.1, 0.15) is 12.6 Å². The quantitative estimate of drug-likeness (QED) is 0.712. The maximum atomic E-state index is 12.3. The SMILES string of the molecule is C[C@H]1CC[C@](C)(C2CC[C@@]3(C)C(CCC34OCCO4)C2C=O)[C@@H](C=O)C1. The van der Waals surface area contributed by atoms with Gasteiger partial charge in [0, 0.05) is 23.7 Å². The highest BCUT2D eigenvalue weighted by atomic mass is 16.7. The zero-order valence-corrected chi connectivity index (χ0v) is 16.5. The van der Waals surface area contributed by atoms with Crippen molar-refractivity contribution in [3.05, 3.63) is 0 Å². The first-order chi connectivity index (χ1) is 12.4. The summed E-state index contributed by atoms with van der Waals surface area (Å²) in [5, 5.41) is 0. The van der Waals surface area contributed by atoms with E-state index in [2.05, 4.69) is 20.8 Å². The summed E-state index contributed by atoms with van der Waals surface area (Å²) >= 11 is 0. The fourth-order valence-electron chi connectivity index (χ4n) is 7.28. The zero-order chi connectivity index (χ0) is 18.6. The Labute approximate surface area is 157 Å². The molecule has 4 aliphatic rings. The van der Waals surface area contributed by atoms with E-state index in [1.165, 1.54) is 19.0 Å². The number of rotatable bonds is 3. The first-order valence-electron chi connectivity index (χ1n) is 10.6. The van der Waals surface area contributed by atoms with Gasteiger partial charge in [-0.1, -0.05) is 27.2 Å². The second-order valence-corrected chi connectivity index (χ2v) is 10.00. The smallest absolute Gasteiger partial charge is 0.174 e. The number of carbonyl (C=O) groups excluding carboxylic acids is 2. The van der Waals surface area contributed by atoms with E-state index < -0.39 is 5.79 Å². The molecule has 0 amide bonds. The molecule has 0 aromatic carbocycles. The van der Waals surface area contributed by atoms with Gasteiger partial charge in [-0.3, -0.25) is 0 Å². The van der Waals surface area contributed by atoms with Crippen molar-refractivity contribution in [2.45, 2.75) is 71.5 Å². The minimum absolute atomic E-state index is 0.0155. The summed E-state index contributed by atoms with van der Waals surface area (Å²) in [7, 11) is 0. The summed E-state index contributed by atoms with van der Waals surface area (Å²) in [5.74, 6) is 0.837. The number of hydrogen-bond acceptors (Lipinski definition) is 4. The average Bonchev–Trinajstić information content (AvgIpc) is 3.23. The molecule has 1 aliphatic heterocycles. The Kier molecular flexibility index (Phi) is 4.59. The van der Waals surface area contributed by atoms with Crippen LogP contribution in [-0.2, 0) is 19.1 Å². The van der Waals surface area contributed by atoms with Gasteiger partial charge in [0.05, 0.1) is 13.2 Å². The normalized spacial score (nSPS) is 50.5. The van der Waals surface area contributed by atoms with Crippen LogP contribution < -0.4 is 0 Å². The van der Waals surface area contributed by atoms with Crippen LogP contribution in [0.2, 0.25) is 0 Å². The molecule has 3 aliphatic carbocycles. The first kappa shape index (κ1) is 18.6. The fraction of sp³-hybridized carbons (Fsp3) is 0.909. The van der Waals surface area contributed by atoms with Crippen LogP contribution in [0.1, 0.15) is 65.7 Å². The molecule has 0 aromatic rings. The van der Waals surface area contributed by atoms with Gasteiger partial charge in [-0.05, 0) is 55.3 Å². The van der Waals surface area contributed by atoms with Crippen LogP contribution in [0.5, 0.6) is 0 Å². The minimum atomic E-state index is -0.476. The second kappa shape index (κ2) is 6.41. The van der Waals surface area contributed by atoms with Crippen molar-refractivity contribution in [2.24, 2.45) is 40.4 Å². The zero-order valence-electron chi connectivity index (χ0n) is 16.5. The number of ether oxygens (including phenoxy) is 2. The van der Waals surface area contributed by atoms with E-state index in [0.717, 1.165) is 38.5 Å². The monoisotopic (exact) mass is 362 g/mol. The summed E-state index contributed by atoms with van der Waals surface area (Å²) in [4.78, 5) is 24.3. The average molecular weight is 363 g/mol. The van der Waals surface area contributed by atoms with E-state index in [1.54, 1.807) is 0 Å². The molecule has 3 saturated carbocycles. The largest absolute Gasteiger partial charge is 0.347 e.